The van der Waals surface area contributed by atoms with E-state index in [1.54, 1.807) is 0 Å². The number of ether oxygens (including phenoxy) is 2. The van der Waals surface area contributed by atoms with Crippen LogP contribution < -0.4 is 0 Å². The van der Waals surface area contributed by atoms with E-state index in [1.165, 1.54) is 64.2 Å². The van der Waals surface area contributed by atoms with Crippen LogP contribution in [0.25, 0.3) is 0 Å². The number of hydrogen-bond donors (Lipinski definition) is 2. The topological polar surface area (TPSA) is 119 Å². The summed E-state index contributed by atoms with van der Waals surface area (Å²) in [5, 5.41) is 0. The summed E-state index contributed by atoms with van der Waals surface area (Å²) in [4.78, 5) is 42.3. The molecular weight excluding hydrogens is 519 g/mol. The molecule has 0 bridgehead atoms. The van der Waals surface area contributed by atoms with Gasteiger partial charge in [0, 0.05) is 12.8 Å². The molecule has 0 saturated carbocycles. The third-order valence-corrected chi connectivity index (χ3v) is 7.58. The largest absolute Gasteiger partial charge is 0.469 e. The summed E-state index contributed by atoms with van der Waals surface area (Å²) in [5.41, 5.74) is 0. The fraction of sp³-hybridized carbons (Fsp3) is 0.933. The van der Waals surface area contributed by atoms with Crippen LogP contribution in [0.5, 0.6) is 0 Å². The van der Waals surface area contributed by atoms with Crippen LogP contribution in [0.2, 0.25) is 0 Å². The van der Waals surface area contributed by atoms with Gasteiger partial charge >= 0.3 is 19.8 Å². The molecule has 9 heteroatoms. The van der Waals surface area contributed by atoms with E-state index in [2.05, 4.69) is 32.2 Å². The highest BCUT2D eigenvalue weighted by Gasteiger charge is 2.22. The van der Waals surface area contributed by atoms with Gasteiger partial charge in [-0.3, -0.25) is 14.1 Å². The Kier molecular flexibility index (Phi) is 24.2. The molecule has 0 aromatic heterocycles. The van der Waals surface area contributed by atoms with Crippen LogP contribution in [0.4, 0.5) is 0 Å². The lowest BCUT2D eigenvalue weighted by molar-refractivity contribution is -0.161. The summed E-state index contributed by atoms with van der Waals surface area (Å²) < 4.78 is 26.1. The summed E-state index contributed by atoms with van der Waals surface area (Å²) in [6.45, 7) is 8.20. The predicted molar refractivity (Wildman–Crippen MR) is 156 cm³/mol. The molecule has 0 aromatic rings. The molecule has 0 aliphatic carbocycles. The SMILES string of the molecule is CCC(C)CCCCCCCCC(=O)O[C@H](COC(=O)CCCCCCCCCCC(C)C)COP(=O)(O)O. The van der Waals surface area contributed by atoms with Gasteiger partial charge in [-0.25, -0.2) is 4.57 Å². The van der Waals surface area contributed by atoms with Crippen molar-refractivity contribution in [2.75, 3.05) is 13.2 Å². The van der Waals surface area contributed by atoms with Gasteiger partial charge in [0.15, 0.2) is 6.10 Å². The van der Waals surface area contributed by atoms with Crippen molar-refractivity contribution in [2.24, 2.45) is 11.8 Å². The van der Waals surface area contributed by atoms with E-state index in [1.807, 2.05) is 0 Å². The number of hydrogen-bond acceptors (Lipinski definition) is 6. The van der Waals surface area contributed by atoms with Crippen LogP contribution in [0.3, 0.4) is 0 Å². The molecule has 2 atom stereocenters. The molecule has 0 radical (unpaired) electrons. The maximum Gasteiger partial charge on any atom is 0.469 e. The van der Waals surface area contributed by atoms with E-state index < -0.39 is 32.5 Å². The van der Waals surface area contributed by atoms with Crippen LogP contribution in [0, 0.1) is 11.8 Å². The van der Waals surface area contributed by atoms with Gasteiger partial charge in [0.05, 0.1) is 6.61 Å². The third kappa shape index (κ3) is 28.4. The van der Waals surface area contributed by atoms with Gasteiger partial charge in [-0.05, 0) is 24.7 Å². The molecule has 0 aliphatic heterocycles. The van der Waals surface area contributed by atoms with Crippen LogP contribution in [0.15, 0.2) is 0 Å². The Hall–Kier alpha value is -0.950. The second-order valence-electron chi connectivity index (χ2n) is 11.5. The van der Waals surface area contributed by atoms with Gasteiger partial charge in [0.1, 0.15) is 6.61 Å². The minimum atomic E-state index is -4.73. The normalized spacial score (nSPS) is 13.4. The number of phosphoric ester groups is 1. The van der Waals surface area contributed by atoms with E-state index in [0.717, 1.165) is 50.4 Å². The number of carbonyl (C=O) groups is 2. The standard InChI is InChI=1S/C30H59O8P/c1-5-27(4)21-17-13-10-11-15-19-23-30(32)38-28(25-37-39(33,34)35)24-36-29(31)22-18-14-9-7-6-8-12-16-20-26(2)3/h26-28H,5-25H2,1-4H3,(H2,33,34,35)/t27?,28-/m1/s1. The number of unbranched alkanes of at least 4 members (excludes halogenated alkanes) is 12. The molecule has 0 aromatic carbocycles. The summed E-state index contributed by atoms with van der Waals surface area (Å²) in [7, 11) is -4.73. The molecule has 0 rings (SSSR count). The zero-order valence-corrected chi connectivity index (χ0v) is 26.3. The number of rotatable bonds is 27. The number of phosphoric acid groups is 1. The monoisotopic (exact) mass is 578 g/mol. The molecule has 1 unspecified atom stereocenters. The second-order valence-corrected chi connectivity index (χ2v) is 12.8. The van der Waals surface area contributed by atoms with E-state index >= 15 is 0 Å². The van der Waals surface area contributed by atoms with Crippen molar-refractivity contribution < 1.29 is 37.9 Å². The third-order valence-electron chi connectivity index (χ3n) is 7.09. The highest BCUT2D eigenvalue weighted by Crippen LogP contribution is 2.36. The van der Waals surface area contributed by atoms with E-state index in [-0.39, 0.29) is 19.4 Å². The summed E-state index contributed by atoms with van der Waals surface area (Å²) in [6.07, 6.45) is 18.5. The maximum atomic E-state index is 12.2. The summed E-state index contributed by atoms with van der Waals surface area (Å²) in [6, 6.07) is 0. The minimum absolute atomic E-state index is 0.213. The lowest BCUT2D eigenvalue weighted by atomic mass is 10.00. The second kappa shape index (κ2) is 24.8. The van der Waals surface area contributed by atoms with Crippen LogP contribution >= 0.6 is 7.82 Å². The first-order valence-corrected chi connectivity index (χ1v) is 17.1. The number of esters is 2. The molecule has 0 saturated heterocycles. The molecule has 0 heterocycles. The molecule has 2 N–H and O–H groups in total. The highest BCUT2D eigenvalue weighted by molar-refractivity contribution is 7.46. The minimum Gasteiger partial charge on any atom is -0.462 e. The lowest BCUT2D eigenvalue weighted by Gasteiger charge is -2.18. The Morgan fingerprint density at radius 2 is 1.13 bits per heavy atom. The lowest BCUT2D eigenvalue weighted by Crippen LogP contribution is -2.29. The quantitative estimate of drug-likeness (QED) is 0.0568. The maximum absolute atomic E-state index is 12.2. The zero-order chi connectivity index (χ0) is 29.4. The Bertz CT molecular complexity index is 649. The Morgan fingerprint density at radius 1 is 0.667 bits per heavy atom. The smallest absolute Gasteiger partial charge is 0.462 e. The van der Waals surface area contributed by atoms with Crippen LogP contribution in [-0.2, 0) is 28.2 Å². The van der Waals surface area contributed by atoms with E-state index in [0.29, 0.717) is 6.42 Å². The van der Waals surface area contributed by atoms with Crippen molar-refractivity contribution in [1.29, 1.82) is 0 Å². The molecule has 232 valence electrons. The van der Waals surface area contributed by atoms with Gasteiger partial charge in [-0.2, -0.15) is 0 Å². The van der Waals surface area contributed by atoms with Crippen molar-refractivity contribution in [1.82, 2.24) is 0 Å². The van der Waals surface area contributed by atoms with Crippen LogP contribution in [0.1, 0.15) is 150 Å². The Labute approximate surface area is 238 Å². The summed E-state index contributed by atoms with van der Waals surface area (Å²) >= 11 is 0. The van der Waals surface area contributed by atoms with Crippen LogP contribution in [-0.4, -0.2) is 41.0 Å². The van der Waals surface area contributed by atoms with Gasteiger partial charge in [0.25, 0.3) is 0 Å². The predicted octanol–water partition coefficient (Wildman–Crippen LogP) is 8.27. The summed E-state index contributed by atoms with van der Waals surface area (Å²) in [5.74, 6) is 0.672. The van der Waals surface area contributed by atoms with Crippen molar-refractivity contribution in [3.05, 3.63) is 0 Å². The molecule has 39 heavy (non-hydrogen) atoms. The highest BCUT2D eigenvalue weighted by atomic mass is 31.2. The van der Waals surface area contributed by atoms with Gasteiger partial charge in [0.2, 0.25) is 0 Å². The van der Waals surface area contributed by atoms with Gasteiger partial charge in [-0.15, -0.1) is 0 Å². The molecule has 0 aliphatic rings. The molecule has 0 fully saturated rings. The van der Waals surface area contributed by atoms with Crippen molar-refractivity contribution in [2.45, 2.75) is 156 Å². The van der Waals surface area contributed by atoms with Crippen molar-refractivity contribution >= 4 is 19.8 Å². The average molecular weight is 579 g/mol. The van der Waals surface area contributed by atoms with E-state index in [4.69, 9.17) is 19.3 Å². The fourth-order valence-electron chi connectivity index (χ4n) is 4.36. The molecular formula is C30H59O8P. The van der Waals surface area contributed by atoms with Crippen molar-refractivity contribution in [3.63, 3.8) is 0 Å². The Morgan fingerprint density at radius 3 is 1.62 bits per heavy atom. The first-order valence-electron chi connectivity index (χ1n) is 15.6. The van der Waals surface area contributed by atoms with Crippen molar-refractivity contribution in [3.8, 4) is 0 Å². The first-order chi connectivity index (χ1) is 18.5. The first kappa shape index (κ1) is 38.0. The Balaban J connectivity index is 4.07. The number of carbonyl (C=O) groups excluding carboxylic acids is 2. The fourth-order valence-corrected chi connectivity index (χ4v) is 4.72. The zero-order valence-electron chi connectivity index (χ0n) is 25.4. The molecule has 8 nitrogen and oxygen atoms in total. The van der Waals surface area contributed by atoms with Gasteiger partial charge in [-0.1, -0.05) is 124 Å². The molecule has 0 spiro atoms. The molecule has 0 amide bonds. The average Bonchev–Trinajstić information content (AvgIpc) is 2.87. The van der Waals surface area contributed by atoms with Gasteiger partial charge < -0.3 is 19.3 Å². The van der Waals surface area contributed by atoms with E-state index in [9.17, 15) is 14.2 Å².